The first-order chi connectivity index (χ1) is 12.5. The minimum atomic E-state index is 0.0131. The third kappa shape index (κ3) is 4.37. The van der Waals surface area contributed by atoms with E-state index in [1.807, 2.05) is 31.6 Å². The van der Waals surface area contributed by atoms with E-state index in [-0.39, 0.29) is 5.91 Å². The van der Waals surface area contributed by atoms with Gasteiger partial charge >= 0.3 is 0 Å². The van der Waals surface area contributed by atoms with Crippen LogP contribution in [0.5, 0.6) is 0 Å². The highest BCUT2D eigenvalue weighted by Crippen LogP contribution is 2.15. The number of carbonyl (C=O) groups is 1. The van der Waals surface area contributed by atoms with Crippen LogP contribution in [0.25, 0.3) is 0 Å². The van der Waals surface area contributed by atoms with Crippen LogP contribution in [0.15, 0.2) is 12.4 Å². The molecule has 2 aromatic rings. The van der Waals surface area contributed by atoms with Gasteiger partial charge in [0, 0.05) is 38.3 Å². The molecule has 0 unspecified atom stereocenters. The number of aryl methyl sites for hydroxylation is 2. The summed E-state index contributed by atoms with van der Waals surface area (Å²) in [6, 6.07) is 1.93. The second-order valence-electron chi connectivity index (χ2n) is 6.52. The number of hydrogen-bond donors (Lipinski definition) is 1. The van der Waals surface area contributed by atoms with E-state index in [9.17, 15) is 4.79 Å². The summed E-state index contributed by atoms with van der Waals surface area (Å²) < 4.78 is 7.22. The molecule has 8 heteroatoms. The summed E-state index contributed by atoms with van der Waals surface area (Å²) in [5, 5.41) is 7.34. The van der Waals surface area contributed by atoms with E-state index in [4.69, 9.17) is 4.74 Å². The predicted octanol–water partition coefficient (Wildman–Crippen LogP) is 0.913. The molecule has 0 atom stereocenters. The lowest BCUT2D eigenvalue weighted by Crippen LogP contribution is -2.37. The summed E-state index contributed by atoms with van der Waals surface area (Å²) in [5.74, 6) is 0.897. The minimum absolute atomic E-state index is 0.0131. The van der Waals surface area contributed by atoms with E-state index in [1.54, 1.807) is 6.33 Å². The first-order valence-electron chi connectivity index (χ1n) is 8.94. The van der Waals surface area contributed by atoms with Crippen molar-refractivity contribution in [1.82, 2.24) is 25.1 Å². The summed E-state index contributed by atoms with van der Waals surface area (Å²) in [6.45, 7) is 7.49. The van der Waals surface area contributed by atoms with Gasteiger partial charge in [0.05, 0.1) is 31.1 Å². The molecule has 1 saturated heterocycles. The molecule has 3 heterocycles. The Hall–Kier alpha value is -2.48. The van der Waals surface area contributed by atoms with Gasteiger partial charge in [0.2, 0.25) is 5.91 Å². The summed E-state index contributed by atoms with van der Waals surface area (Å²) in [6.07, 6.45) is 2.68. The Morgan fingerprint density at radius 3 is 2.73 bits per heavy atom. The molecule has 0 bridgehead atoms. The molecule has 0 saturated carbocycles. The molecule has 1 N–H and O–H groups in total. The van der Waals surface area contributed by atoms with Crippen LogP contribution in [0.2, 0.25) is 0 Å². The third-order valence-electron chi connectivity index (χ3n) is 4.77. The number of aromatic nitrogens is 4. The van der Waals surface area contributed by atoms with Crippen molar-refractivity contribution < 1.29 is 9.53 Å². The van der Waals surface area contributed by atoms with Crippen molar-refractivity contribution in [2.24, 2.45) is 7.05 Å². The van der Waals surface area contributed by atoms with Crippen molar-refractivity contribution in [2.45, 2.75) is 33.2 Å². The quantitative estimate of drug-likeness (QED) is 0.826. The maximum Gasteiger partial charge on any atom is 0.220 e. The van der Waals surface area contributed by atoms with Gasteiger partial charge in [0.15, 0.2) is 0 Å². The maximum absolute atomic E-state index is 12.2. The van der Waals surface area contributed by atoms with Crippen molar-refractivity contribution in [1.29, 1.82) is 0 Å². The molecule has 1 fully saturated rings. The van der Waals surface area contributed by atoms with Gasteiger partial charge in [0.25, 0.3) is 0 Å². The molecular formula is C18H26N6O2. The molecule has 3 rings (SSSR count). The number of rotatable bonds is 6. The van der Waals surface area contributed by atoms with Gasteiger partial charge in [-0.3, -0.25) is 9.48 Å². The minimum Gasteiger partial charge on any atom is -0.378 e. The number of morpholine rings is 1. The monoisotopic (exact) mass is 358 g/mol. The number of carbonyl (C=O) groups excluding carboxylic acids is 1. The highest BCUT2D eigenvalue weighted by molar-refractivity contribution is 5.76. The zero-order chi connectivity index (χ0) is 18.5. The van der Waals surface area contributed by atoms with Crippen LogP contribution in [0.3, 0.4) is 0 Å². The Morgan fingerprint density at radius 1 is 1.27 bits per heavy atom. The zero-order valence-corrected chi connectivity index (χ0v) is 15.7. The van der Waals surface area contributed by atoms with Gasteiger partial charge in [0.1, 0.15) is 12.1 Å². The Bertz CT molecular complexity index is 767. The fourth-order valence-corrected chi connectivity index (χ4v) is 3.14. The topological polar surface area (TPSA) is 85.2 Å². The van der Waals surface area contributed by atoms with Crippen LogP contribution in [-0.2, 0) is 29.5 Å². The lowest BCUT2D eigenvalue weighted by molar-refractivity contribution is -0.121. The van der Waals surface area contributed by atoms with Crippen LogP contribution in [0, 0.1) is 13.8 Å². The van der Waals surface area contributed by atoms with Crippen molar-refractivity contribution in [3.63, 3.8) is 0 Å². The number of ether oxygens (including phenoxy) is 1. The average Bonchev–Trinajstić information content (AvgIpc) is 2.91. The van der Waals surface area contributed by atoms with Crippen molar-refractivity contribution in [3.05, 3.63) is 35.0 Å². The summed E-state index contributed by atoms with van der Waals surface area (Å²) in [5.41, 5.74) is 4.06. The molecular weight excluding hydrogens is 332 g/mol. The van der Waals surface area contributed by atoms with Crippen molar-refractivity contribution >= 4 is 11.7 Å². The zero-order valence-electron chi connectivity index (χ0n) is 15.7. The van der Waals surface area contributed by atoms with Gasteiger partial charge in [-0.2, -0.15) is 5.10 Å². The number of nitrogens with one attached hydrogen (secondary N) is 1. The fraction of sp³-hybridized carbons (Fsp3) is 0.556. The second-order valence-corrected chi connectivity index (χ2v) is 6.52. The normalized spacial score (nSPS) is 14.5. The molecule has 8 nitrogen and oxygen atoms in total. The maximum atomic E-state index is 12.2. The molecule has 0 aliphatic carbocycles. The Balaban J connectivity index is 1.51. The first kappa shape index (κ1) is 18.3. The molecule has 0 aromatic carbocycles. The first-order valence-corrected chi connectivity index (χ1v) is 8.94. The van der Waals surface area contributed by atoms with Crippen LogP contribution in [0.1, 0.15) is 29.1 Å². The number of hydrogen-bond acceptors (Lipinski definition) is 6. The average molecular weight is 358 g/mol. The van der Waals surface area contributed by atoms with E-state index in [0.717, 1.165) is 41.6 Å². The smallest absolute Gasteiger partial charge is 0.220 e. The van der Waals surface area contributed by atoms with Gasteiger partial charge in [-0.1, -0.05) is 0 Å². The van der Waals surface area contributed by atoms with Crippen LogP contribution < -0.4 is 10.2 Å². The van der Waals surface area contributed by atoms with Gasteiger partial charge in [-0.05, 0) is 25.8 Å². The molecule has 1 aliphatic rings. The Kier molecular flexibility index (Phi) is 5.82. The van der Waals surface area contributed by atoms with Crippen molar-refractivity contribution in [3.8, 4) is 0 Å². The third-order valence-corrected chi connectivity index (χ3v) is 4.77. The standard InChI is InChI=1S/C18H26N6O2/c1-13-16(14(2)23(3)22-13)4-5-18(25)19-11-15-10-17(21-12-20-15)24-6-8-26-9-7-24/h10,12H,4-9,11H2,1-3H3,(H,19,25). The molecule has 1 aliphatic heterocycles. The van der Waals surface area contributed by atoms with Crippen LogP contribution in [0.4, 0.5) is 5.82 Å². The second kappa shape index (κ2) is 8.27. The van der Waals surface area contributed by atoms with E-state index >= 15 is 0 Å². The van der Waals surface area contributed by atoms with E-state index < -0.39 is 0 Å². The molecule has 0 radical (unpaired) electrons. The lowest BCUT2D eigenvalue weighted by atomic mass is 10.1. The van der Waals surface area contributed by atoms with E-state index in [1.165, 1.54) is 0 Å². The fourth-order valence-electron chi connectivity index (χ4n) is 3.14. The molecule has 2 aromatic heterocycles. The molecule has 26 heavy (non-hydrogen) atoms. The number of amides is 1. The summed E-state index contributed by atoms with van der Waals surface area (Å²) in [4.78, 5) is 23.0. The highest BCUT2D eigenvalue weighted by Gasteiger charge is 2.14. The number of anilines is 1. The van der Waals surface area contributed by atoms with Gasteiger partial charge in [-0.25, -0.2) is 9.97 Å². The van der Waals surface area contributed by atoms with Crippen LogP contribution in [-0.4, -0.2) is 52.0 Å². The van der Waals surface area contributed by atoms with Crippen molar-refractivity contribution in [2.75, 3.05) is 31.2 Å². The van der Waals surface area contributed by atoms with Crippen LogP contribution >= 0.6 is 0 Å². The summed E-state index contributed by atoms with van der Waals surface area (Å²) >= 11 is 0. The largest absolute Gasteiger partial charge is 0.378 e. The Labute approximate surface area is 153 Å². The SMILES string of the molecule is Cc1nn(C)c(C)c1CCC(=O)NCc1cc(N2CCOCC2)ncn1. The summed E-state index contributed by atoms with van der Waals surface area (Å²) in [7, 11) is 1.92. The Morgan fingerprint density at radius 2 is 2.04 bits per heavy atom. The molecule has 140 valence electrons. The molecule has 0 spiro atoms. The number of nitrogens with zero attached hydrogens (tertiary/aromatic N) is 5. The van der Waals surface area contributed by atoms with Gasteiger partial charge in [-0.15, -0.1) is 0 Å². The highest BCUT2D eigenvalue weighted by atomic mass is 16.5. The van der Waals surface area contributed by atoms with E-state index in [0.29, 0.717) is 32.6 Å². The van der Waals surface area contributed by atoms with E-state index in [2.05, 4.69) is 25.3 Å². The molecule has 1 amide bonds. The lowest BCUT2D eigenvalue weighted by Gasteiger charge is -2.27. The van der Waals surface area contributed by atoms with Gasteiger partial charge < -0.3 is 15.0 Å². The predicted molar refractivity (Wildman–Crippen MR) is 97.9 cm³/mol.